The van der Waals surface area contributed by atoms with Crippen molar-refractivity contribution in [1.29, 1.82) is 0 Å². The van der Waals surface area contributed by atoms with Crippen LogP contribution in [0.1, 0.15) is 36.8 Å². The zero-order valence-electron chi connectivity index (χ0n) is 20.3. The van der Waals surface area contributed by atoms with Crippen molar-refractivity contribution in [3.63, 3.8) is 0 Å². The van der Waals surface area contributed by atoms with Gasteiger partial charge < -0.3 is 9.73 Å². The van der Waals surface area contributed by atoms with Crippen molar-refractivity contribution < 1.29 is 22.0 Å². The molecular weight excluding hydrogens is 550 g/mol. The fourth-order valence-electron chi connectivity index (χ4n) is 4.41. The van der Waals surface area contributed by atoms with Gasteiger partial charge in [0, 0.05) is 26.9 Å². The molecule has 0 aliphatic heterocycles. The maximum atomic E-state index is 13.3. The zero-order valence-corrected chi connectivity index (χ0v) is 22.6. The fraction of sp³-hybridized carbons (Fsp3) is 0.214. The van der Waals surface area contributed by atoms with Crippen molar-refractivity contribution in [2.75, 3.05) is 11.1 Å². The van der Waals surface area contributed by atoms with Crippen LogP contribution < -0.4 is 5.32 Å². The molecule has 0 spiro atoms. The second kappa shape index (κ2) is 10.2. The average molecular weight is 573 g/mol. The van der Waals surface area contributed by atoms with Gasteiger partial charge in [0.2, 0.25) is 11.8 Å². The number of aromatic nitrogens is 1. The van der Waals surface area contributed by atoms with E-state index in [0.717, 1.165) is 12.8 Å². The van der Waals surface area contributed by atoms with Crippen LogP contribution in [0.3, 0.4) is 0 Å². The molecule has 10 heteroatoms. The first-order chi connectivity index (χ1) is 18.1. The summed E-state index contributed by atoms with van der Waals surface area (Å²) < 4.78 is 43.3. The monoisotopic (exact) mass is 572 g/mol. The normalized spacial score (nSPS) is 14.3. The second-order valence-electron chi connectivity index (χ2n) is 9.21. The van der Waals surface area contributed by atoms with Crippen LogP contribution in [0.5, 0.6) is 0 Å². The summed E-state index contributed by atoms with van der Waals surface area (Å²) >= 11 is 13.3. The molecule has 1 heterocycles. The number of rotatable bonds is 8. The van der Waals surface area contributed by atoms with Crippen molar-refractivity contribution in [2.45, 2.75) is 36.5 Å². The lowest BCUT2D eigenvalue weighted by Gasteiger charge is -2.17. The largest absolute Gasteiger partial charge is 0.440 e. The highest BCUT2D eigenvalue weighted by molar-refractivity contribution is 7.91. The van der Waals surface area contributed by atoms with Gasteiger partial charge in [-0.3, -0.25) is 4.79 Å². The Balaban J connectivity index is 1.32. The van der Waals surface area contributed by atoms with Gasteiger partial charge in [-0.05, 0) is 66.9 Å². The SMILES string of the molecule is CCS(=O)(=O)c1ccc(CC(=O)Nc2cc(Cl)c(C3(c4ncc(-c5ccc(F)cc5)o4)CC3)c(Cl)c2)cc1. The van der Waals surface area contributed by atoms with Crippen LogP contribution in [0.2, 0.25) is 10.0 Å². The number of nitrogens with zero attached hydrogens (tertiary/aromatic N) is 1. The zero-order chi connectivity index (χ0) is 27.1. The number of benzene rings is 3. The summed E-state index contributed by atoms with van der Waals surface area (Å²) in [6, 6.07) is 15.5. The molecule has 1 N–H and O–H groups in total. The van der Waals surface area contributed by atoms with Crippen molar-refractivity contribution in [3.8, 4) is 11.3 Å². The summed E-state index contributed by atoms with van der Waals surface area (Å²) in [5, 5.41) is 3.55. The number of carbonyl (C=O) groups excluding carboxylic acids is 1. The van der Waals surface area contributed by atoms with Gasteiger partial charge in [-0.2, -0.15) is 0 Å². The van der Waals surface area contributed by atoms with Gasteiger partial charge in [-0.1, -0.05) is 42.3 Å². The Kier molecular flexibility index (Phi) is 7.07. The quantitative estimate of drug-likeness (QED) is 0.249. The molecular formula is C28H23Cl2FN2O4S. The molecule has 5 rings (SSSR count). The van der Waals surface area contributed by atoms with Crippen LogP contribution in [0.4, 0.5) is 10.1 Å². The Labute approximate surface area is 229 Å². The summed E-state index contributed by atoms with van der Waals surface area (Å²) in [4.78, 5) is 17.3. The van der Waals surface area contributed by atoms with Gasteiger partial charge in [0.1, 0.15) is 5.82 Å². The number of amides is 1. The number of nitrogens with one attached hydrogen (secondary N) is 1. The minimum absolute atomic E-state index is 0.0109. The molecule has 0 saturated heterocycles. The molecule has 196 valence electrons. The second-order valence-corrected chi connectivity index (χ2v) is 12.3. The third kappa shape index (κ3) is 5.21. The summed E-state index contributed by atoms with van der Waals surface area (Å²) in [6.45, 7) is 1.58. The highest BCUT2D eigenvalue weighted by atomic mass is 35.5. The lowest BCUT2D eigenvalue weighted by Crippen LogP contribution is -2.16. The summed E-state index contributed by atoms with van der Waals surface area (Å²) in [7, 11) is -3.30. The molecule has 6 nitrogen and oxygen atoms in total. The van der Waals surface area contributed by atoms with Crippen LogP contribution in [0.15, 0.2) is 76.2 Å². The van der Waals surface area contributed by atoms with Gasteiger partial charge in [-0.25, -0.2) is 17.8 Å². The fourth-order valence-corrected chi connectivity index (χ4v) is 6.15. The highest BCUT2D eigenvalue weighted by Gasteiger charge is 2.52. The number of hydrogen-bond acceptors (Lipinski definition) is 5. The molecule has 3 aromatic carbocycles. The maximum Gasteiger partial charge on any atom is 0.228 e. The number of halogens is 3. The third-order valence-electron chi connectivity index (χ3n) is 6.63. The standard InChI is InChI=1S/C28H23Cl2FN2O4S/c1-2-38(35,36)21-9-3-17(4-10-21)13-25(34)33-20-14-22(29)26(23(30)15-20)28(11-12-28)27-32-16-24(37-27)18-5-7-19(31)8-6-18/h3-10,14-16H,2,11-13H2,1H3,(H,33,34). The van der Waals surface area contributed by atoms with Gasteiger partial charge in [0.25, 0.3) is 0 Å². The molecule has 4 aromatic rings. The van der Waals surface area contributed by atoms with Gasteiger partial charge in [-0.15, -0.1) is 0 Å². The summed E-state index contributed by atoms with van der Waals surface area (Å²) in [6.07, 6.45) is 3.13. The van der Waals surface area contributed by atoms with E-state index >= 15 is 0 Å². The topological polar surface area (TPSA) is 89.3 Å². The molecule has 0 radical (unpaired) electrons. The van der Waals surface area contributed by atoms with E-state index in [1.165, 1.54) is 24.3 Å². The number of hydrogen-bond donors (Lipinski definition) is 1. The van der Waals surface area contributed by atoms with E-state index in [0.29, 0.717) is 44.1 Å². The molecule has 1 saturated carbocycles. The van der Waals surface area contributed by atoms with Crippen LogP contribution in [0.25, 0.3) is 11.3 Å². The lowest BCUT2D eigenvalue weighted by molar-refractivity contribution is -0.115. The Morgan fingerprint density at radius 2 is 1.68 bits per heavy atom. The summed E-state index contributed by atoms with van der Waals surface area (Å²) in [5.74, 6) is 0.373. The first-order valence-electron chi connectivity index (χ1n) is 11.9. The van der Waals surface area contributed by atoms with Crippen molar-refractivity contribution >= 4 is 44.6 Å². The first kappa shape index (κ1) is 26.4. The van der Waals surface area contributed by atoms with Gasteiger partial charge >= 0.3 is 0 Å². The number of sulfone groups is 1. The van der Waals surface area contributed by atoms with E-state index in [-0.39, 0.29) is 28.8 Å². The molecule has 1 aliphatic carbocycles. The van der Waals surface area contributed by atoms with Crippen molar-refractivity contribution in [2.24, 2.45) is 0 Å². The molecule has 0 unspecified atom stereocenters. The third-order valence-corrected chi connectivity index (χ3v) is 8.97. The van der Waals surface area contributed by atoms with E-state index in [1.54, 1.807) is 49.5 Å². The molecule has 1 aliphatic rings. The molecule has 1 aromatic heterocycles. The van der Waals surface area contributed by atoms with E-state index in [2.05, 4.69) is 10.3 Å². The van der Waals surface area contributed by atoms with Crippen molar-refractivity contribution in [3.05, 3.63) is 99.7 Å². The van der Waals surface area contributed by atoms with Crippen LogP contribution in [0, 0.1) is 5.82 Å². The highest BCUT2D eigenvalue weighted by Crippen LogP contribution is 2.57. The minimum atomic E-state index is -3.30. The molecule has 38 heavy (non-hydrogen) atoms. The van der Waals surface area contributed by atoms with Crippen LogP contribution >= 0.6 is 23.2 Å². The Hall–Kier alpha value is -3.20. The maximum absolute atomic E-state index is 13.3. The van der Waals surface area contributed by atoms with E-state index in [4.69, 9.17) is 27.6 Å². The predicted molar refractivity (Wildman–Crippen MR) is 145 cm³/mol. The predicted octanol–water partition coefficient (Wildman–Crippen LogP) is 6.84. The molecule has 0 atom stereocenters. The number of oxazole rings is 1. The van der Waals surface area contributed by atoms with E-state index in [1.807, 2.05) is 0 Å². The lowest BCUT2D eigenvalue weighted by atomic mass is 9.95. The van der Waals surface area contributed by atoms with E-state index < -0.39 is 15.3 Å². The van der Waals surface area contributed by atoms with Crippen LogP contribution in [-0.4, -0.2) is 25.1 Å². The smallest absolute Gasteiger partial charge is 0.228 e. The molecule has 0 bridgehead atoms. The van der Waals surface area contributed by atoms with E-state index in [9.17, 15) is 17.6 Å². The average Bonchev–Trinajstić information content (AvgIpc) is 3.51. The first-order valence-corrected chi connectivity index (χ1v) is 14.4. The number of anilines is 1. The number of carbonyl (C=O) groups is 1. The Bertz CT molecular complexity index is 1590. The minimum Gasteiger partial charge on any atom is -0.440 e. The molecule has 1 fully saturated rings. The summed E-state index contributed by atoms with van der Waals surface area (Å²) in [5.41, 5.74) is 1.92. The molecule has 1 amide bonds. The van der Waals surface area contributed by atoms with Crippen molar-refractivity contribution in [1.82, 2.24) is 4.98 Å². The van der Waals surface area contributed by atoms with Gasteiger partial charge in [0.15, 0.2) is 15.6 Å². The Morgan fingerprint density at radius 3 is 2.26 bits per heavy atom. The van der Waals surface area contributed by atoms with Crippen LogP contribution in [-0.2, 0) is 26.5 Å². The Morgan fingerprint density at radius 1 is 1.05 bits per heavy atom. The van der Waals surface area contributed by atoms with Gasteiger partial charge in [0.05, 0.1) is 28.7 Å².